The van der Waals surface area contributed by atoms with Crippen LogP contribution in [0.1, 0.15) is 40.5 Å². The van der Waals surface area contributed by atoms with E-state index >= 15 is 0 Å². The number of rotatable bonds is 5. The van der Waals surface area contributed by atoms with Crippen LogP contribution in [0.5, 0.6) is 0 Å². The van der Waals surface area contributed by atoms with E-state index < -0.39 is 12.0 Å². The van der Waals surface area contributed by atoms with E-state index in [0.717, 1.165) is 12.8 Å². The molecule has 1 atom stereocenters. The van der Waals surface area contributed by atoms with E-state index in [1.165, 1.54) is 24.9 Å². The van der Waals surface area contributed by atoms with Crippen molar-refractivity contribution in [2.45, 2.75) is 31.8 Å². The number of aliphatic carboxylic acids is 1. The fourth-order valence-electron chi connectivity index (χ4n) is 2.22. The van der Waals surface area contributed by atoms with Gasteiger partial charge in [-0.2, -0.15) is 0 Å². The van der Waals surface area contributed by atoms with Crippen molar-refractivity contribution in [2.75, 3.05) is 7.05 Å². The van der Waals surface area contributed by atoms with Crippen molar-refractivity contribution in [2.24, 2.45) is 0 Å². The summed E-state index contributed by atoms with van der Waals surface area (Å²) in [5, 5.41) is 11.6. The van der Waals surface area contributed by atoms with Crippen LogP contribution < -0.4 is 5.32 Å². The number of hydrogen-bond donors (Lipinski definition) is 2. The molecule has 1 unspecified atom stereocenters. The molecule has 2 N–H and O–H groups in total. The molecular formula is C15H18N2O4. The van der Waals surface area contributed by atoms with Gasteiger partial charge in [-0.1, -0.05) is 6.07 Å². The van der Waals surface area contributed by atoms with Gasteiger partial charge in [0.25, 0.3) is 11.8 Å². The van der Waals surface area contributed by atoms with Crippen LogP contribution in [0.15, 0.2) is 24.3 Å². The van der Waals surface area contributed by atoms with Crippen molar-refractivity contribution >= 4 is 17.8 Å². The second-order valence-corrected chi connectivity index (χ2v) is 5.12. The molecule has 2 amide bonds. The van der Waals surface area contributed by atoms with Crippen LogP contribution in [0.2, 0.25) is 0 Å². The molecule has 0 spiro atoms. The minimum absolute atomic E-state index is 0.0211. The lowest BCUT2D eigenvalue weighted by Crippen LogP contribution is -2.44. The fraction of sp³-hybridized carbons (Fsp3) is 0.400. The van der Waals surface area contributed by atoms with E-state index in [4.69, 9.17) is 5.11 Å². The zero-order valence-electron chi connectivity index (χ0n) is 12.0. The molecule has 1 aromatic rings. The van der Waals surface area contributed by atoms with E-state index in [2.05, 4.69) is 5.32 Å². The first-order valence-electron chi connectivity index (χ1n) is 6.83. The van der Waals surface area contributed by atoms with Crippen LogP contribution in [0.25, 0.3) is 0 Å². The Labute approximate surface area is 122 Å². The molecule has 1 fully saturated rings. The molecule has 2 rings (SSSR count). The first kappa shape index (κ1) is 15.0. The minimum Gasteiger partial charge on any atom is -0.480 e. The van der Waals surface area contributed by atoms with Gasteiger partial charge in [0.05, 0.1) is 0 Å². The summed E-state index contributed by atoms with van der Waals surface area (Å²) < 4.78 is 0. The number of nitrogens with one attached hydrogen (secondary N) is 1. The van der Waals surface area contributed by atoms with Crippen LogP contribution >= 0.6 is 0 Å². The van der Waals surface area contributed by atoms with Crippen LogP contribution in [-0.2, 0) is 4.79 Å². The zero-order valence-corrected chi connectivity index (χ0v) is 12.0. The molecule has 1 aliphatic rings. The van der Waals surface area contributed by atoms with Crippen LogP contribution in [0, 0.1) is 0 Å². The van der Waals surface area contributed by atoms with Crippen molar-refractivity contribution in [3.63, 3.8) is 0 Å². The molecule has 1 saturated carbocycles. The monoisotopic (exact) mass is 290 g/mol. The molecule has 6 nitrogen and oxygen atoms in total. The molecular weight excluding hydrogens is 272 g/mol. The Bertz CT molecular complexity index is 581. The van der Waals surface area contributed by atoms with Gasteiger partial charge in [0.1, 0.15) is 6.04 Å². The highest BCUT2D eigenvalue weighted by Crippen LogP contribution is 2.30. The highest BCUT2D eigenvalue weighted by Gasteiger charge is 2.38. The Morgan fingerprint density at radius 2 is 1.90 bits per heavy atom. The second kappa shape index (κ2) is 5.95. The third kappa shape index (κ3) is 3.21. The van der Waals surface area contributed by atoms with Crippen LogP contribution in [0.3, 0.4) is 0 Å². The highest BCUT2D eigenvalue weighted by atomic mass is 16.4. The molecule has 0 heterocycles. The molecule has 6 heteroatoms. The number of amides is 2. The Balaban J connectivity index is 2.29. The number of benzene rings is 1. The largest absolute Gasteiger partial charge is 0.480 e. The van der Waals surface area contributed by atoms with Crippen LogP contribution in [0.4, 0.5) is 0 Å². The summed E-state index contributed by atoms with van der Waals surface area (Å²) in [5.74, 6) is -1.66. The fourth-order valence-corrected chi connectivity index (χ4v) is 2.22. The first-order chi connectivity index (χ1) is 9.95. The van der Waals surface area contributed by atoms with Gasteiger partial charge in [-0.3, -0.25) is 9.59 Å². The Morgan fingerprint density at radius 1 is 1.29 bits per heavy atom. The SMILES string of the molecule is CNC(=O)c1cccc(C(=O)N(C2CC2)C(C)C(=O)O)c1. The first-order valence-corrected chi connectivity index (χ1v) is 6.83. The van der Waals surface area contributed by atoms with E-state index in [1.54, 1.807) is 18.2 Å². The van der Waals surface area contributed by atoms with Crippen molar-refractivity contribution < 1.29 is 19.5 Å². The molecule has 21 heavy (non-hydrogen) atoms. The van der Waals surface area contributed by atoms with E-state index in [1.807, 2.05) is 0 Å². The number of carbonyl (C=O) groups excluding carboxylic acids is 2. The number of carboxylic acids is 1. The lowest BCUT2D eigenvalue weighted by Gasteiger charge is -2.26. The van der Waals surface area contributed by atoms with Gasteiger partial charge in [0.15, 0.2) is 0 Å². The second-order valence-electron chi connectivity index (χ2n) is 5.12. The molecule has 0 aliphatic heterocycles. The van der Waals surface area contributed by atoms with Gasteiger partial charge in [0, 0.05) is 24.2 Å². The average molecular weight is 290 g/mol. The Morgan fingerprint density at radius 3 is 2.43 bits per heavy atom. The van der Waals surface area contributed by atoms with Gasteiger partial charge in [0.2, 0.25) is 0 Å². The predicted octanol–water partition coefficient (Wildman–Crippen LogP) is 1.12. The Kier molecular flexibility index (Phi) is 4.26. The van der Waals surface area contributed by atoms with Crippen molar-refractivity contribution in [3.05, 3.63) is 35.4 Å². The van der Waals surface area contributed by atoms with Gasteiger partial charge < -0.3 is 15.3 Å². The molecule has 0 bridgehead atoms. The maximum absolute atomic E-state index is 12.6. The normalized spacial score (nSPS) is 15.1. The number of hydrogen-bond acceptors (Lipinski definition) is 3. The molecule has 0 saturated heterocycles. The molecule has 1 aromatic carbocycles. The summed E-state index contributed by atoms with van der Waals surface area (Å²) in [6.07, 6.45) is 1.64. The quantitative estimate of drug-likeness (QED) is 0.851. The van der Waals surface area contributed by atoms with Crippen LogP contribution in [-0.4, -0.2) is 46.9 Å². The lowest BCUT2D eigenvalue weighted by molar-refractivity contribution is -0.141. The van der Waals surface area contributed by atoms with Gasteiger partial charge in [-0.05, 0) is 38.0 Å². The topological polar surface area (TPSA) is 86.7 Å². The standard InChI is InChI=1S/C15H18N2O4/c1-9(15(20)21)17(12-6-7-12)14(19)11-5-3-4-10(8-11)13(18)16-2/h3-5,8-9,12H,6-7H2,1-2H3,(H,16,18)(H,20,21). The predicted molar refractivity (Wildman–Crippen MR) is 76.1 cm³/mol. The number of carboxylic acid groups (broad SMARTS) is 1. The third-order valence-electron chi connectivity index (χ3n) is 3.55. The summed E-state index contributed by atoms with van der Waals surface area (Å²) in [6.45, 7) is 1.50. The van der Waals surface area contributed by atoms with E-state index in [0.29, 0.717) is 11.1 Å². The summed E-state index contributed by atoms with van der Waals surface area (Å²) in [7, 11) is 1.51. The van der Waals surface area contributed by atoms with Gasteiger partial charge in [-0.25, -0.2) is 4.79 Å². The lowest BCUT2D eigenvalue weighted by atomic mass is 10.1. The van der Waals surface area contributed by atoms with E-state index in [-0.39, 0.29) is 17.9 Å². The van der Waals surface area contributed by atoms with Gasteiger partial charge >= 0.3 is 5.97 Å². The maximum Gasteiger partial charge on any atom is 0.326 e. The summed E-state index contributed by atoms with van der Waals surface area (Å²) in [4.78, 5) is 36.7. The van der Waals surface area contributed by atoms with Crippen molar-refractivity contribution in [3.8, 4) is 0 Å². The molecule has 0 radical (unpaired) electrons. The van der Waals surface area contributed by atoms with Gasteiger partial charge in [-0.15, -0.1) is 0 Å². The number of carbonyl (C=O) groups is 3. The minimum atomic E-state index is -1.03. The molecule has 1 aliphatic carbocycles. The Hall–Kier alpha value is -2.37. The summed E-state index contributed by atoms with van der Waals surface area (Å²) in [6, 6.07) is 5.41. The molecule has 112 valence electrons. The highest BCUT2D eigenvalue weighted by molar-refractivity contribution is 6.00. The molecule has 0 aromatic heterocycles. The summed E-state index contributed by atoms with van der Waals surface area (Å²) >= 11 is 0. The third-order valence-corrected chi connectivity index (χ3v) is 3.55. The van der Waals surface area contributed by atoms with Crippen molar-refractivity contribution in [1.82, 2.24) is 10.2 Å². The van der Waals surface area contributed by atoms with E-state index in [9.17, 15) is 14.4 Å². The maximum atomic E-state index is 12.6. The smallest absolute Gasteiger partial charge is 0.326 e. The average Bonchev–Trinajstić information content (AvgIpc) is 3.31. The zero-order chi connectivity index (χ0) is 15.6. The van der Waals surface area contributed by atoms with Crippen molar-refractivity contribution in [1.29, 1.82) is 0 Å². The summed E-state index contributed by atoms with van der Waals surface area (Å²) in [5.41, 5.74) is 0.707. The number of nitrogens with zero attached hydrogens (tertiary/aromatic N) is 1.